The van der Waals surface area contributed by atoms with Gasteiger partial charge in [-0.1, -0.05) is 28.1 Å². The molecule has 0 bridgehead atoms. The summed E-state index contributed by atoms with van der Waals surface area (Å²) in [7, 11) is -4.91. The van der Waals surface area contributed by atoms with Crippen LogP contribution < -0.4 is 26.8 Å². The van der Waals surface area contributed by atoms with E-state index >= 15 is 0 Å². The summed E-state index contributed by atoms with van der Waals surface area (Å²) >= 11 is 6.90. The molecule has 0 aliphatic carbocycles. The predicted molar refractivity (Wildman–Crippen MR) is 151 cm³/mol. The Hall–Kier alpha value is -4.04. The average Bonchev–Trinajstić information content (AvgIpc) is 3.23. The molecular formula is C22H27ClN8O9S2. The van der Waals surface area contributed by atoms with Gasteiger partial charge in [0, 0.05) is 18.7 Å². The maximum absolute atomic E-state index is 13.2. The van der Waals surface area contributed by atoms with Crippen LogP contribution in [0.1, 0.15) is 25.1 Å². The fraction of sp³-hybridized carbons (Fsp3) is 0.364. The molecule has 0 spiro atoms. The maximum atomic E-state index is 13.2. The summed E-state index contributed by atoms with van der Waals surface area (Å²) in [5, 5.41) is 26.2. The molecule has 1 aromatic carbocycles. The van der Waals surface area contributed by atoms with E-state index in [-0.39, 0.29) is 31.1 Å². The standard InChI is InChI=1S/C22H27ClN8O9S2/c1-22(2)15(19(33)31(22)42(36,37)38)29-18(32)14(13-16(23)41-21(26)28-13)30-40-12(20(34)35)9-39-11-5-3-10(4-6-11)17(25)27-8-7-24/h3-6,12,15H,7-9,24H2,1-2H3,(H2,25,27)(H2,26,28)(H,29,32)(H,34,35)(H,36,37,38)/b30-14-/t12-,15+/m0/s1. The molecule has 17 nitrogen and oxygen atoms in total. The van der Waals surface area contributed by atoms with Crippen LogP contribution in [0.4, 0.5) is 5.13 Å². The molecule has 2 aromatic rings. The minimum Gasteiger partial charge on any atom is -0.489 e. The Balaban J connectivity index is 1.78. The van der Waals surface area contributed by atoms with E-state index in [1.807, 2.05) is 0 Å². The van der Waals surface area contributed by atoms with Crippen molar-refractivity contribution in [2.75, 3.05) is 25.4 Å². The number of carboxylic acid groups (broad SMARTS) is 1. The predicted octanol–water partition coefficient (Wildman–Crippen LogP) is -0.586. The highest BCUT2D eigenvalue weighted by Crippen LogP contribution is 2.34. The first kappa shape index (κ1) is 32.5. The molecule has 2 heterocycles. The summed E-state index contributed by atoms with van der Waals surface area (Å²) in [6, 6.07) is 4.71. The molecule has 1 saturated heterocycles. The number of nitrogen functional groups attached to an aromatic ring is 1. The Morgan fingerprint density at radius 3 is 2.48 bits per heavy atom. The minimum atomic E-state index is -4.91. The van der Waals surface area contributed by atoms with Gasteiger partial charge in [-0.3, -0.25) is 19.6 Å². The van der Waals surface area contributed by atoms with Gasteiger partial charge in [-0.05, 0) is 38.1 Å². The number of aromatic nitrogens is 1. The molecule has 42 heavy (non-hydrogen) atoms. The third kappa shape index (κ3) is 7.23. The molecule has 2 atom stereocenters. The zero-order valence-corrected chi connectivity index (χ0v) is 24.4. The molecule has 20 heteroatoms. The Kier molecular flexibility index (Phi) is 9.94. The van der Waals surface area contributed by atoms with Crippen LogP contribution in [-0.2, 0) is 29.5 Å². The second kappa shape index (κ2) is 12.9. The van der Waals surface area contributed by atoms with E-state index in [9.17, 15) is 32.5 Å². The number of rotatable bonds is 13. The molecule has 1 aliphatic rings. The Morgan fingerprint density at radius 2 is 1.98 bits per heavy atom. The van der Waals surface area contributed by atoms with Crippen LogP contribution >= 0.6 is 22.9 Å². The monoisotopic (exact) mass is 646 g/mol. The number of nitrogens with one attached hydrogen (secondary N) is 3. The number of halogens is 1. The number of benzene rings is 1. The van der Waals surface area contributed by atoms with Crippen LogP contribution in [0.2, 0.25) is 4.34 Å². The minimum absolute atomic E-state index is 0.0685. The zero-order chi connectivity index (χ0) is 31.4. The Labute approximate surface area is 248 Å². The van der Waals surface area contributed by atoms with Crippen molar-refractivity contribution in [1.29, 1.82) is 5.41 Å². The number of aliphatic carboxylic acids is 1. The molecule has 0 unspecified atom stereocenters. The van der Waals surface area contributed by atoms with Crippen molar-refractivity contribution in [3.63, 3.8) is 0 Å². The number of carboxylic acids is 1. The summed E-state index contributed by atoms with van der Waals surface area (Å²) < 4.78 is 38.0. The number of carbonyl (C=O) groups is 3. The number of anilines is 1. The van der Waals surface area contributed by atoms with E-state index in [1.165, 1.54) is 26.0 Å². The lowest BCUT2D eigenvalue weighted by molar-refractivity contribution is -0.152. The molecule has 9 N–H and O–H groups in total. The van der Waals surface area contributed by atoms with Crippen molar-refractivity contribution in [3.8, 4) is 5.75 Å². The van der Waals surface area contributed by atoms with Gasteiger partial charge in [0.05, 0.1) is 5.54 Å². The molecule has 1 fully saturated rings. The van der Waals surface area contributed by atoms with Crippen molar-refractivity contribution >= 4 is 67.7 Å². The highest BCUT2D eigenvalue weighted by molar-refractivity contribution is 7.84. The molecule has 3 rings (SSSR count). The number of hydrogen-bond donors (Lipinski definition) is 7. The van der Waals surface area contributed by atoms with E-state index in [0.717, 1.165) is 11.3 Å². The van der Waals surface area contributed by atoms with Crippen LogP contribution in [-0.4, -0.2) is 94.1 Å². The van der Waals surface area contributed by atoms with E-state index in [4.69, 9.17) is 38.1 Å². The van der Waals surface area contributed by atoms with E-state index in [2.05, 4.69) is 20.8 Å². The molecule has 1 aromatic heterocycles. The number of β-lactam (4-membered cyclic amide) rings is 1. The van der Waals surface area contributed by atoms with Crippen LogP contribution in [0.15, 0.2) is 29.4 Å². The Bertz CT molecular complexity index is 1510. The number of amidine groups is 1. The number of carbonyl (C=O) groups excluding carboxylic acids is 2. The molecule has 2 amide bonds. The van der Waals surface area contributed by atoms with Gasteiger partial charge < -0.3 is 36.8 Å². The number of hydrogen-bond acceptors (Lipinski definition) is 13. The summed E-state index contributed by atoms with van der Waals surface area (Å²) in [5.41, 5.74) is 9.08. The fourth-order valence-electron chi connectivity index (χ4n) is 3.71. The van der Waals surface area contributed by atoms with Crippen LogP contribution in [0.3, 0.4) is 0 Å². The largest absolute Gasteiger partial charge is 0.489 e. The van der Waals surface area contributed by atoms with Crippen molar-refractivity contribution < 1.29 is 42.0 Å². The van der Waals surface area contributed by atoms with Crippen LogP contribution in [0.5, 0.6) is 5.75 Å². The highest BCUT2D eigenvalue weighted by atomic mass is 35.5. The first-order valence-electron chi connectivity index (χ1n) is 11.8. The van der Waals surface area contributed by atoms with E-state index in [0.29, 0.717) is 18.7 Å². The second-order valence-corrected chi connectivity index (χ2v) is 12.0. The molecule has 0 saturated carbocycles. The van der Waals surface area contributed by atoms with E-state index < -0.39 is 58.1 Å². The van der Waals surface area contributed by atoms with Crippen molar-refractivity contribution in [2.24, 2.45) is 10.9 Å². The lowest BCUT2D eigenvalue weighted by Crippen LogP contribution is -2.77. The molecule has 1 aliphatic heterocycles. The van der Waals surface area contributed by atoms with Crippen molar-refractivity contribution in [3.05, 3.63) is 39.9 Å². The van der Waals surface area contributed by atoms with Gasteiger partial charge >= 0.3 is 16.3 Å². The topological polar surface area (TPSA) is 273 Å². The third-order valence-corrected chi connectivity index (χ3v) is 7.96. The zero-order valence-electron chi connectivity index (χ0n) is 22.0. The summed E-state index contributed by atoms with van der Waals surface area (Å²) in [4.78, 5) is 46.4. The maximum Gasteiger partial charge on any atom is 0.362 e. The molecule has 228 valence electrons. The van der Waals surface area contributed by atoms with Gasteiger partial charge in [-0.15, -0.1) is 0 Å². The summed E-state index contributed by atoms with van der Waals surface area (Å²) in [6.07, 6.45) is -1.75. The summed E-state index contributed by atoms with van der Waals surface area (Å²) in [6.45, 7) is 2.74. The van der Waals surface area contributed by atoms with Gasteiger partial charge in [0.15, 0.2) is 10.8 Å². The fourth-order valence-corrected chi connectivity index (χ4v) is 5.67. The SMILES string of the molecule is CC1(C)[C@H](NC(=O)/C(=N\O[C@@H](COc2ccc(C(=N)NCCN)cc2)C(=O)O)c2nc(N)sc2Cl)C(=O)N1S(=O)(=O)O. The summed E-state index contributed by atoms with van der Waals surface area (Å²) in [5.74, 6) is -3.39. The van der Waals surface area contributed by atoms with Gasteiger partial charge in [-0.2, -0.15) is 8.42 Å². The number of nitrogens with zero attached hydrogens (tertiary/aromatic N) is 3. The second-order valence-electron chi connectivity index (χ2n) is 9.11. The first-order chi connectivity index (χ1) is 19.6. The average molecular weight is 647 g/mol. The number of thiazole rings is 1. The lowest BCUT2D eigenvalue weighted by atomic mass is 9.85. The molecular weight excluding hydrogens is 620 g/mol. The van der Waals surface area contributed by atoms with E-state index in [1.54, 1.807) is 12.1 Å². The number of ether oxygens (including phenoxy) is 1. The van der Waals surface area contributed by atoms with Gasteiger partial charge in [0.1, 0.15) is 34.3 Å². The van der Waals surface area contributed by atoms with Crippen LogP contribution in [0, 0.1) is 5.41 Å². The van der Waals surface area contributed by atoms with Crippen molar-refractivity contribution in [2.45, 2.75) is 31.5 Å². The van der Waals surface area contributed by atoms with Gasteiger partial charge in [0.25, 0.3) is 17.9 Å². The first-order valence-corrected chi connectivity index (χ1v) is 14.4. The van der Waals surface area contributed by atoms with Gasteiger partial charge in [-0.25, -0.2) is 14.1 Å². The number of oxime groups is 1. The highest BCUT2D eigenvalue weighted by Gasteiger charge is 2.60. The molecule has 0 radical (unpaired) electrons. The Morgan fingerprint density at radius 1 is 1.33 bits per heavy atom. The number of amides is 2. The van der Waals surface area contributed by atoms with Crippen molar-refractivity contribution in [1.82, 2.24) is 19.9 Å². The normalized spacial score (nSPS) is 17.2. The smallest absolute Gasteiger partial charge is 0.362 e. The number of nitrogens with two attached hydrogens (primary N) is 2. The third-order valence-electron chi connectivity index (χ3n) is 5.76. The quantitative estimate of drug-likeness (QED) is 0.0472. The lowest BCUT2D eigenvalue weighted by Gasteiger charge is -2.50. The van der Waals surface area contributed by atoms with Gasteiger partial charge in [0.2, 0.25) is 0 Å². The van der Waals surface area contributed by atoms with Crippen LogP contribution in [0.25, 0.3) is 0 Å².